The van der Waals surface area contributed by atoms with Crippen LogP contribution in [0.4, 0.5) is 0 Å². The lowest BCUT2D eigenvalue weighted by molar-refractivity contribution is 0.238. The van der Waals surface area contributed by atoms with Gasteiger partial charge < -0.3 is 15.2 Å². The Kier molecular flexibility index (Phi) is 5.46. The highest BCUT2D eigenvalue weighted by Crippen LogP contribution is 2.18. The smallest absolute Gasteiger partial charge is 0.321 e. The topological polar surface area (TPSA) is 67.3 Å². The molecule has 2 rings (SSSR count). The van der Waals surface area contributed by atoms with E-state index in [9.17, 15) is 0 Å². The Bertz CT molecular complexity index is 516. The van der Waals surface area contributed by atoms with Gasteiger partial charge in [-0.1, -0.05) is 19.1 Å². The van der Waals surface area contributed by atoms with Crippen LogP contribution < -0.4 is 10.1 Å². The van der Waals surface area contributed by atoms with E-state index in [1.54, 1.807) is 18.5 Å². The van der Waals surface area contributed by atoms with Gasteiger partial charge in [-0.3, -0.25) is 0 Å². The number of nitrogens with zero attached hydrogens (tertiary/aromatic N) is 2. The molecule has 0 aliphatic heterocycles. The average molecular weight is 273 g/mol. The second-order valence-electron chi connectivity index (χ2n) is 4.45. The Hall–Kier alpha value is -1.98. The number of aliphatic hydroxyl groups is 1. The Morgan fingerprint density at radius 2 is 2.05 bits per heavy atom. The fourth-order valence-corrected chi connectivity index (χ4v) is 1.76. The van der Waals surface area contributed by atoms with Crippen LogP contribution in [-0.4, -0.2) is 27.7 Å². The lowest BCUT2D eigenvalue weighted by atomic mass is 10.2. The van der Waals surface area contributed by atoms with Crippen LogP contribution in [0, 0.1) is 0 Å². The van der Waals surface area contributed by atoms with Crippen molar-refractivity contribution in [3.05, 3.63) is 48.3 Å². The summed E-state index contributed by atoms with van der Waals surface area (Å²) in [5, 5.41) is 12.4. The SMILES string of the molecule is CC[C@@H](CO)NCc1cccc(Oc2ncccn2)c1. The molecule has 2 N–H and O–H groups in total. The first kappa shape index (κ1) is 14.4. The molecule has 5 nitrogen and oxygen atoms in total. The molecule has 0 unspecified atom stereocenters. The molecule has 0 aliphatic carbocycles. The lowest BCUT2D eigenvalue weighted by Gasteiger charge is -2.14. The van der Waals surface area contributed by atoms with E-state index in [0.29, 0.717) is 18.3 Å². The Balaban J connectivity index is 1.97. The van der Waals surface area contributed by atoms with Gasteiger partial charge >= 0.3 is 6.01 Å². The van der Waals surface area contributed by atoms with Crippen LogP contribution in [0.15, 0.2) is 42.7 Å². The molecule has 0 radical (unpaired) electrons. The fourth-order valence-electron chi connectivity index (χ4n) is 1.76. The molecule has 1 atom stereocenters. The first-order valence-electron chi connectivity index (χ1n) is 6.70. The molecule has 1 aromatic heterocycles. The maximum atomic E-state index is 9.15. The Labute approximate surface area is 118 Å². The van der Waals surface area contributed by atoms with Crippen LogP contribution in [0.1, 0.15) is 18.9 Å². The summed E-state index contributed by atoms with van der Waals surface area (Å²) in [6.07, 6.45) is 4.17. The van der Waals surface area contributed by atoms with Gasteiger partial charge in [0, 0.05) is 25.0 Å². The molecule has 0 saturated heterocycles. The summed E-state index contributed by atoms with van der Waals surface area (Å²) >= 11 is 0. The molecule has 0 bridgehead atoms. The van der Waals surface area contributed by atoms with E-state index in [-0.39, 0.29) is 12.6 Å². The van der Waals surface area contributed by atoms with Crippen molar-refractivity contribution < 1.29 is 9.84 Å². The van der Waals surface area contributed by atoms with Gasteiger partial charge in [0.05, 0.1) is 6.61 Å². The Morgan fingerprint density at radius 1 is 1.25 bits per heavy atom. The summed E-state index contributed by atoms with van der Waals surface area (Å²) in [5.41, 5.74) is 1.09. The van der Waals surface area contributed by atoms with Gasteiger partial charge in [0.25, 0.3) is 0 Å². The monoisotopic (exact) mass is 273 g/mol. The van der Waals surface area contributed by atoms with Crippen molar-refractivity contribution in [3.63, 3.8) is 0 Å². The zero-order valence-corrected chi connectivity index (χ0v) is 11.5. The Morgan fingerprint density at radius 3 is 2.75 bits per heavy atom. The van der Waals surface area contributed by atoms with Crippen molar-refractivity contribution in [1.29, 1.82) is 0 Å². The van der Waals surface area contributed by atoms with Crippen LogP contribution in [0.2, 0.25) is 0 Å². The molecular formula is C15H19N3O2. The zero-order chi connectivity index (χ0) is 14.2. The van der Waals surface area contributed by atoms with E-state index in [4.69, 9.17) is 9.84 Å². The number of ether oxygens (including phenoxy) is 1. The van der Waals surface area contributed by atoms with Crippen LogP contribution in [0.3, 0.4) is 0 Å². The van der Waals surface area contributed by atoms with E-state index in [2.05, 4.69) is 15.3 Å². The van der Waals surface area contributed by atoms with E-state index >= 15 is 0 Å². The largest absolute Gasteiger partial charge is 0.424 e. The first-order chi connectivity index (χ1) is 9.81. The van der Waals surface area contributed by atoms with Crippen LogP contribution in [0.5, 0.6) is 11.8 Å². The van der Waals surface area contributed by atoms with Crippen LogP contribution in [-0.2, 0) is 6.54 Å². The highest BCUT2D eigenvalue weighted by atomic mass is 16.5. The van der Waals surface area contributed by atoms with Gasteiger partial charge in [-0.2, -0.15) is 0 Å². The third-order valence-electron chi connectivity index (χ3n) is 2.96. The molecule has 0 fully saturated rings. The quantitative estimate of drug-likeness (QED) is 0.809. The van der Waals surface area contributed by atoms with Crippen LogP contribution >= 0.6 is 0 Å². The molecule has 0 aliphatic rings. The second kappa shape index (κ2) is 7.57. The fraction of sp³-hybridized carbons (Fsp3) is 0.333. The molecule has 0 spiro atoms. The average Bonchev–Trinajstić information content (AvgIpc) is 2.50. The maximum Gasteiger partial charge on any atom is 0.321 e. The molecule has 0 amide bonds. The van der Waals surface area contributed by atoms with Gasteiger partial charge in [0.1, 0.15) is 5.75 Å². The van der Waals surface area contributed by atoms with Gasteiger partial charge in [0.2, 0.25) is 0 Å². The van der Waals surface area contributed by atoms with Gasteiger partial charge in [-0.25, -0.2) is 9.97 Å². The number of aromatic nitrogens is 2. The summed E-state index contributed by atoms with van der Waals surface area (Å²) < 4.78 is 5.58. The third-order valence-corrected chi connectivity index (χ3v) is 2.96. The summed E-state index contributed by atoms with van der Waals surface area (Å²) in [6.45, 7) is 2.87. The summed E-state index contributed by atoms with van der Waals surface area (Å²) in [6, 6.07) is 9.94. The number of hydrogen-bond donors (Lipinski definition) is 2. The van der Waals surface area contributed by atoms with Gasteiger partial charge in [-0.05, 0) is 30.2 Å². The highest BCUT2D eigenvalue weighted by molar-refractivity contribution is 5.30. The van der Waals surface area contributed by atoms with Gasteiger partial charge in [0.15, 0.2) is 0 Å². The molecule has 106 valence electrons. The molecule has 2 aromatic rings. The minimum Gasteiger partial charge on any atom is -0.424 e. The van der Waals surface area contributed by atoms with Crippen molar-refractivity contribution >= 4 is 0 Å². The molecule has 20 heavy (non-hydrogen) atoms. The van der Waals surface area contributed by atoms with Crippen molar-refractivity contribution in [2.45, 2.75) is 25.9 Å². The number of aliphatic hydroxyl groups excluding tert-OH is 1. The summed E-state index contributed by atoms with van der Waals surface area (Å²) in [5.74, 6) is 0.701. The van der Waals surface area contributed by atoms with Crippen LogP contribution in [0.25, 0.3) is 0 Å². The summed E-state index contributed by atoms with van der Waals surface area (Å²) in [4.78, 5) is 8.04. The number of benzene rings is 1. The molecule has 1 aromatic carbocycles. The highest BCUT2D eigenvalue weighted by Gasteiger charge is 2.05. The van der Waals surface area contributed by atoms with Crippen molar-refractivity contribution in [1.82, 2.24) is 15.3 Å². The van der Waals surface area contributed by atoms with Crippen molar-refractivity contribution in [3.8, 4) is 11.8 Å². The van der Waals surface area contributed by atoms with E-state index < -0.39 is 0 Å². The zero-order valence-electron chi connectivity index (χ0n) is 11.5. The second-order valence-corrected chi connectivity index (χ2v) is 4.45. The van der Waals surface area contributed by atoms with E-state index in [1.165, 1.54) is 0 Å². The summed E-state index contributed by atoms with van der Waals surface area (Å²) in [7, 11) is 0. The third kappa shape index (κ3) is 4.29. The molecular weight excluding hydrogens is 254 g/mol. The molecule has 1 heterocycles. The maximum absolute atomic E-state index is 9.15. The van der Waals surface area contributed by atoms with Gasteiger partial charge in [-0.15, -0.1) is 0 Å². The van der Waals surface area contributed by atoms with E-state index in [1.807, 2.05) is 31.2 Å². The minimum atomic E-state index is 0.122. The molecule has 0 saturated carbocycles. The predicted octanol–water partition coefficient (Wildman–Crippen LogP) is 2.13. The van der Waals surface area contributed by atoms with Crippen molar-refractivity contribution in [2.24, 2.45) is 0 Å². The normalized spacial score (nSPS) is 12.1. The van der Waals surface area contributed by atoms with E-state index in [0.717, 1.165) is 12.0 Å². The predicted molar refractivity (Wildman–Crippen MR) is 76.6 cm³/mol. The number of nitrogens with one attached hydrogen (secondary N) is 1. The number of hydrogen-bond acceptors (Lipinski definition) is 5. The number of rotatable bonds is 7. The lowest BCUT2D eigenvalue weighted by Crippen LogP contribution is -2.31. The standard InChI is InChI=1S/C15H19N3O2/c1-2-13(11-19)18-10-12-5-3-6-14(9-12)20-15-16-7-4-8-17-15/h3-9,13,18-19H,2,10-11H2,1H3/t13-/m0/s1. The van der Waals surface area contributed by atoms with Crippen molar-refractivity contribution in [2.75, 3.05) is 6.61 Å². The molecule has 5 heteroatoms. The first-order valence-corrected chi connectivity index (χ1v) is 6.70. The minimum absolute atomic E-state index is 0.122.